The maximum absolute atomic E-state index is 11.9. The van der Waals surface area contributed by atoms with E-state index in [9.17, 15) is 22.8 Å². The third-order valence-corrected chi connectivity index (χ3v) is 4.59. The molecule has 9 nitrogen and oxygen atoms in total. The molecule has 1 heterocycles. The van der Waals surface area contributed by atoms with Crippen LogP contribution in [0.5, 0.6) is 0 Å². The van der Waals surface area contributed by atoms with Crippen molar-refractivity contribution in [2.45, 2.75) is 19.4 Å². The maximum atomic E-state index is 11.9. The number of nitrogens with one attached hydrogen (secondary N) is 1. The lowest BCUT2D eigenvalue weighted by Crippen LogP contribution is -2.55. The first-order chi connectivity index (χ1) is 9.75. The zero-order valence-electron chi connectivity index (χ0n) is 11.6. The summed E-state index contributed by atoms with van der Waals surface area (Å²) in [5.41, 5.74) is 0. The second-order valence-corrected chi connectivity index (χ2v) is 6.75. The van der Waals surface area contributed by atoms with Gasteiger partial charge in [-0.25, -0.2) is 13.2 Å². The second-order valence-electron chi connectivity index (χ2n) is 4.52. The van der Waals surface area contributed by atoms with Crippen LogP contribution >= 0.6 is 0 Å². The first-order valence-corrected chi connectivity index (χ1v) is 8.19. The SMILES string of the molecule is CCOC(=O)CNC(=O)N1CCS(=O)(=O)CC1CC(=O)O. The standard InChI is InChI=1S/C11H18N2O7S/c1-2-20-10(16)6-12-11(17)13-3-4-21(18,19)7-8(13)5-9(14)15/h8H,2-7H2,1H3,(H,12,17)(H,14,15). The van der Waals surface area contributed by atoms with Gasteiger partial charge in [0.05, 0.1) is 30.6 Å². The molecular formula is C11H18N2O7S. The van der Waals surface area contributed by atoms with E-state index in [1.54, 1.807) is 6.92 Å². The molecule has 0 spiro atoms. The van der Waals surface area contributed by atoms with Gasteiger partial charge in [-0.15, -0.1) is 0 Å². The summed E-state index contributed by atoms with van der Waals surface area (Å²) in [6.07, 6.45) is -0.466. The van der Waals surface area contributed by atoms with E-state index in [1.807, 2.05) is 0 Å². The average molecular weight is 322 g/mol. The Labute approximate surface area is 122 Å². The Bertz CT molecular complexity index is 517. The van der Waals surface area contributed by atoms with Crippen LogP contribution in [0.1, 0.15) is 13.3 Å². The zero-order valence-corrected chi connectivity index (χ0v) is 12.4. The number of ether oxygens (including phenoxy) is 1. The summed E-state index contributed by atoms with van der Waals surface area (Å²) < 4.78 is 27.7. The van der Waals surface area contributed by atoms with Crippen LogP contribution in [0.2, 0.25) is 0 Å². The molecule has 1 atom stereocenters. The lowest BCUT2D eigenvalue weighted by atomic mass is 10.2. The lowest BCUT2D eigenvalue weighted by Gasteiger charge is -2.34. The number of carboxylic acid groups (broad SMARTS) is 1. The highest BCUT2D eigenvalue weighted by Crippen LogP contribution is 2.15. The Morgan fingerprint density at radius 2 is 2.05 bits per heavy atom. The van der Waals surface area contributed by atoms with Crippen LogP contribution in [0.15, 0.2) is 0 Å². The highest BCUT2D eigenvalue weighted by molar-refractivity contribution is 7.91. The number of amides is 2. The van der Waals surface area contributed by atoms with Crippen LogP contribution < -0.4 is 5.32 Å². The number of rotatable bonds is 5. The predicted octanol–water partition coefficient (Wildman–Crippen LogP) is -1.17. The molecule has 0 aliphatic carbocycles. The largest absolute Gasteiger partial charge is 0.481 e. The molecule has 1 saturated heterocycles. The van der Waals surface area contributed by atoms with Gasteiger partial charge in [0.25, 0.3) is 0 Å². The number of hydrogen-bond acceptors (Lipinski definition) is 6. The maximum Gasteiger partial charge on any atom is 0.325 e. The number of nitrogens with zero attached hydrogens (tertiary/aromatic N) is 1. The number of carboxylic acids is 1. The molecule has 1 aliphatic rings. The van der Waals surface area contributed by atoms with Gasteiger partial charge in [0.1, 0.15) is 6.54 Å². The number of esters is 1. The number of carbonyl (C=O) groups excluding carboxylic acids is 2. The Hall–Kier alpha value is -1.84. The van der Waals surface area contributed by atoms with E-state index in [2.05, 4.69) is 10.1 Å². The van der Waals surface area contributed by atoms with E-state index in [0.717, 1.165) is 4.90 Å². The van der Waals surface area contributed by atoms with Gasteiger partial charge >= 0.3 is 18.0 Å². The van der Waals surface area contributed by atoms with Gasteiger partial charge in [-0.3, -0.25) is 9.59 Å². The summed E-state index contributed by atoms with van der Waals surface area (Å²) in [4.78, 5) is 35.0. The molecule has 0 aromatic heterocycles. The van der Waals surface area contributed by atoms with Crippen molar-refractivity contribution >= 4 is 27.8 Å². The van der Waals surface area contributed by atoms with Gasteiger partial charge < -0.3 is 20.1 Å². The summed E-state index contributed by atoms with van der Waals surface area (Å²) in [6.45, 7) is 1.35. The van der Waals surface area contributed by atoms with Gasteiger partial charge in [0, 0.05) is 6.54 Å². The number of urea groups is 1. The third kappa shape index (κ3) is 5.58. The molecule has 0 aromatic carbocycles. The molecule has 120 valence electrons. The third-order valence-electron chi connectivity index (χ3n) is 2.89. The van der Waals surface area contributed by atoms with E-state index in [4.69, 9.17) is 5.11 Å². The normalized spacial score (nSPS) is 20.6. The van der Waals surface area contributed by atoms with Crippen LogP contribution in [-0.2, 0) is 24.2 Å². The van der Waals surface area contributed by atoms with Crippen molar-refractivity contribution < 1.29 is 32.6 Å². The Kier molecular flexibility index (Phi) is 5.94. The van der Waals surface area contributed by atoms with Crippen LogP contribution in [0, 0.1) is 0 Å². The fraction of sp³-hybridized carbons (Fsp3) is 0.727. The lowest BCUT2D eigenvalue weighted by molar-refractivity contribution is -0.142. The molecular weight excluding hydrogens is 304 g/mol. The summed E-state index contributed by atoms with van der Waals surface area (Å²) in [6, 6.07) is -1.62. The predicted molar refractivity (Wildman–Crippen MR) is 71.4 cm³/mol. The van der Waals surface area contributed by atoms with Crippen LogP contribution in [0.25, 0.3) is 0 Å². The smallest absolute Gasteiger partial charge is 0.325 e. The molecule has 2 N–H and O–H groups in total. The molecule has 0 saturated carbocycles. The number of carbonyl (C=O) groups is 3. The minimum atomic E-state index is -3.36. The summed E-state index contributed by atoms with van der Waals surface area (Å²) >= 11 is 0. The first-order valence-electron chi connectivity index (χ1n) is 6.37. The zero-order chi connectivity index (χ0) is 16.0. The second kappa shape index (κ2) is 7.25. The number of aliphatic carboxylic acids is 1. The number of hydrogen-bond donors (Lipinski definition) is 2. The van der Waals surface area contributed by atoms with Crippen molar-refractivity contribution in [1.82, 2.24) is 10.2 Å². The van der Waals surface area contributed by atoms with Crippen molar-refractivity contribution in [2.24, 2.45) is 0 Å². The molecule has 0 bridgehead atoms. The Morgan fingerprint density at radius 3 is 2.62 bits per heavy atom. The van der Waals surface area contributed by atoms with Crippen molar-refractivity contribution in [1.29, 1.82) is 0 Å². The van der Waals surface area contributed by atoms with E-state index in [1.165, 1.54) is 0 Å². The summed E-state index contributed by atoms with van der Waals surface area (Å²) in [7, 11) is -3.36. The Morgan fingerprint density at radius 1 is 1.38 bits per heavy atom. The van der Waals surface area contributed by atoms with Crippen molar-refractivity contribution in [3.05, 3.63) is 0 Å². The van der Waals surface area contributed by atoms with Gasteiger partial charge in [-0.2, -0.15) is 0 Å². The molecule has 2 amide bonds. The minimum Gasteiger partial charge on any atom is -0.481 e. The monoisotopic (exact) mass is 322 g/mol. The molecule has 0 radical (unpaired) electrons. The van der Waals surface area contributed by atoms with Crippen LogP contribution in [0.3, 0.4) is 0 Å². The van der Waals surface area contributed by atoms with Crippen molar-refractivity contribution in [3.8, 4) is 0 Å². The highest BCUT2D eigenvalue weighted by Gasteiger charge is 2.35. The molecule has 10 heteroatoms. The number of sulfone groups is 1. The summed E-state index contributed by atoms with van der Waals surface area (Å²) in [5.74, 6) is -2.44. The quantitative estimate of drug-likeness (QED) is 0.610. The fourth-order valence-corrected chi connectivity index (χ4v) is 3.51. The molecule has 1 fully saturated rings. The van der Waals surface area contributed by atoms with Crippen molar-refractivity contribution in [3.63, 3.8) is 0 Å². The first kappa shape index (κ1) is 17.2. The van der Waals surface area contributed by atoms with E-state index < -0.39 is 46.0 Å². The molecule has 1 unspecified atom stereocenters. The van der Waals surface area contributed by atoms with Crippen LogP contribution in [0.4, 0.5) is 4.79 Å². The van der Waals surface area contributed by atoms with Gasteiger partial charge in [0.2, 0.25) is 0 Å². The molecule has 1 aliphatic heterocycles. The van der Waals surface area contributed by atoms with E-state index in [-0.39, 0.29) is 25.4 Å². The van der Waals surface area contributed by atoms with Gasteiger partial charge in [-0.1, -0.05) is 0 Å². The van der Waals surface area contributed by atoms with Crippen molar-refractivity contribution in [2.75, 3.05) is 31.2 Å². The highest BCUT2D eigenvalue weighted by atomic mass is 32.2. The topological polar surface area (TPSA) is 130 Å². The summed E-state index contributed by atoms with van der Waals surface area (Å²) in [5, 5.41) is 11.1. The van der Waals surface area contributed by atoms with Gasteiger partial charge in [-0.05, 0) is 6.92 Å². The Balaban J connectivity index is 2.66. The minimum absolute atomic E-state index is 0.102. The fourth-order valence-electron chi connectivity index (χ4n) is 1.99. The van der Waals surface area contributed by atoms with E-state index >= 15 is 0 Å². The van der Waals surface area contributed by atoms with E-state index in [0.29, 0.717) is 0 Å². The molecule has 1 rings (SSSR count). The molecule has 21 heavy (non-hydrogen) atoms. The van der Waals surface area contributed by atoms with Crippen LogP contribution in [-0.4, -0.2) is 73.6 Å². The van der Waals surface area contributed by atoms with Gasteiger partial charge in [0.15, 0.2) is 9.84 Å². The average Bonchev–Trinajstić information content (AvgIpc) is 2.34. The molecule has 0 aromatic rings.